The van der Waals surface area contributed by atoms with E-state index in [0.717, 1.165) is 34.6 Å². The Kier molecular flexibility index (Phi) is 4.79. The van der Waals surface area contributed by atoms with Crippen LogP contribution in [0.5, 0.6) is 5.75 Å². The summed E-state index contributed by atoms with van der Waals surface area (Å²) in [6.45, 7) is 2.82. The monoisotopic (exact) mass is 323 g/mol. The fourth-order valence-corrected chi connectivity index (χ4v) is 2.72. The van der Waals surface area contributed by atoms with Gasteiger partial charge in [-0.2, -0.15) is 0 Å². The second kappa shape index (κ2) is 7.17. The van der Waals surface area contributed by atoms with Gasteiger partial charge in [-0.1, -0.05) is 31.2 Å². The summed E-state index contributed by atoms with van der Waals surface area (Å²) in [7, 11) is 1.64. The lowest BCUT2D eigenvalue weighted by atomic mass is 10.2. The molecule has 0 spiro atoms. The second-order valence-electron chi connectivity index (χ2n) is 5.58. The highest BCUT2D eigenvalue weighted by atomic mass is 16.5. The van der Waals surface area contributed by atoms with Crippen molar-refractivity contribution in [1.82, 2.24) is 14.9 Å². The summed E-state index contributed by atoms with van der Waals surface area (Å²) in [6.07, 6.45) is 0.792. The molecule has 2 aromatic carbocycles. The Balaban J connectivity index is 1.68. The van der Waals surface area contributed by atoms with E-state index in [1.54, 1.807) is 7.11 Å². The minimum Gasteiger partial charge on any atom is -0.497 e. The highest BCUT2D eigenvalue weighted by molar-refractivity contribution is 5.81. The second-order valence-corrected chi connectivity index (χ2v) is 5.58. The fraction of sp³-hybridized carbons (Fsp3) is 0.263. The summed E-state index contributed by atoms with van der Waals surface area (Å²) in [5.41, 5.74) is 2.96. The van der Waals surface area contributed by atoms with E-state index in [2.05, 4.69) is 10.3 Å². The van der Waals surface area contributed by atoms with E-state index in [9.17, 15) is 4.79 Å². The molecule has 0 saturated heterocycles. The number of rotatable bonds is 6. The van der Waals surface area contributed by atoms with Crippen LogP contribution in [0.25, 0.3) is 11.0 Å². The first-order valence-corrected chi connectivity index (χ1v) is 8.05. The zero-order valence-electron chi connectivity index (χ0n) is 14.0. The molecule has 0 atom stereocenters. The Morgan fingerprint density at radius 3 is 2.62 bits per heavy atom. The molecule has 24 heavy (non-hydrogen) atoms. The van der Waals surface area contributed by atoms with Crippen molar-refractivity contribution in [1.29, 1.82) is 0 Å². The quantitative estimate of drug-likeness (QED) is 0.759. The minimum atomic E-state index is -0.0244. The van der Waals surface area contributed by atoms with Crippen LogP contribution in [0.1, 0.15) is 18.3 Å². The Hall–Kier alpha value is -2.82. The maximum Gasteiger partial charge on any atom is 0.240 e. The van der Waals surface area contributed by atoms with Gasteiger partial charge in [0.2, 0.25) is 5.91 Å². The van der Waals surface area contributed by atoms with Crippen LogP contribution < -0.4 is 10.1 Å². The van der Waals surface area contributed by atoms with Crippen LogP contribution in [0.4, 0.5) is 0 Å². The number of carbonyl (C=O) groups is 1. The molecular formula is C19H21N3O2. The van der Waals surface area contributed by atoms with Gasteiger partial charge in [-0.3, -0.25) is 4.79 Å². The number of nitrogens with zero attached hydrogens (tertiary/aromatic N) is 2. The van der Waals surface area contributed by atoms with Crippen molar-refractivity contribution < 1.29 is 9.53 Å². The average Bonchev–Trinajstić information content (AvgIpc) is 2.98. The number of benzene rings is 2. The third-order valence-electron chi connectivity index (χ3n) is 4.00. The van der Waals surface area contributed by atoms with Crippen molar-refractivity contribution in [2.75, 3.05) is 7.11 Å². The molecular weight excluding hydrogens is 302 g/mol. The first kappa shape index (κ1) is 16.1. The van der Waals surface area contributed by atoms with Gasteiger partial charge >= 0.3 is 0 Å². The number of methoxy groups -OCH3 is 1. The molecule has 0 radical (unpaired) electrons. The maximum atomic E-state index is 12.3. The third-order valence-corrected chi connectivity index (χ3v) is 4.00. The van der Waals surface area contributed by atoms with Crippen LogP contribution in [0.15, 0.2) is 48.5 Å². The number of fused-ring (bicyclic) bond motifs is 1. The molecule has 0 fully saturated rings. The first-order valence-electron chi connectivity index (χ1n) is 8.05. The number of para-hydroxylation sites is 2. The molecule has 5 heteroatoms. The Bertz CT molecular complexity index is 837. The lowest BCUT2D eigenvalue weighted by Crippen LogP contribution is -2.27. The van der Waals surface area contributed by atoms with E-state index >= 15 is 0 Å². The molecule has 1 amide bonds. The molecule has 1 N–H and O–H groups in total. The van der Waals surface area contributed by atoms with Crippen molar-refractivity contribution in [2.24, 2.45) is 0 Å². The van der Waals surface area contributed by atoms with E-state index in [-0.39, 0.29) is 12.5 Å². The van der Waals surface area contributed by atoms with Crippen LogP contribution in [0, 0.1) is 0 Å². The highest BCUT2D eigenvalue weighted by Crippen LogP contribution is 2.16. The van der Waals surface area contributed by atoms with Gasteiger partial charge in [0.05, 0.1) is 18.1 Å². The third kappa shape index (κ3) is 3.40. The van der Waals surface area contributed by atoms with Crippen molar-refractivity contribution in [3.8, 4) is 5.75 Å². The SMILES string of the molecule is CCc1nc2ccccc2n1CC(=O)NCc1ccc(OC)cc1. The van der Waals surface area contributed by atoms with Crippen LogP contribution in [-0.2, 0) is 24.3 Å². The summed E-state index contributed by atoms with van der Waals surface area (Å²) in [5, 5.41) is 2.96. The molecule has 0 aliphatic heterocycles. The summed E-state index contributed by atoms with van der Waals surface area (Å²) in [5.74, 6) is 1.71. The number of aryl methyl sites for hydroxylation is 1. The fourth-order valence-electron chi connectivity index (χ4n) is 2.72. The van der Waals surface area contributed by atoms with E-state index in [1.165, 1.54) is 0 Å². The topological polar surface area (TPSA) is 56.2 Å². The Morgan fingerprint density at radius 1 is 1.17 bits per heavy atom. The number of nitrogens with one attached hydrogen (secondary N) is 1. The molecule has 3 aromatic rings. The van der Waals surface area contributed by atoms with Gasteiger partial charge in [0.15, 0.2) is 0 Å². The predicted octanol–water partition coefficient (Wildman–Crippen LogP) is 2.92. The van der Waals surface area contributed by atoms with Crippen molar-refractivity contribution in [3.63, 3.8) is 0 Å². The number of hydrogen-bond acceptors (Lipinski definition) is 3. The molecule has 0 unspecified atom stereocenters. The average molecular weight is 323 g/mol. The molecule has 1 heterocycles. The van der Waals surface area contributed by atoms with Crippen LogP contribution in [0.3, 0.4) is 0 Å². The Morgan fingerprint density at radius 2 is 1.92 bits per heavy atom. The number of ether oxygens (including phenoxy) is 1. The number of amides is 1. The molecule has 5 nitrogen and oxygen atoms in total. The van der Waals surface area contributed by atoms with Gasteiger partial charge in [-0.05, 0) is 29.8 Å². The summed E-state index contributed by atoms with van der Waals surface area (Å²) in [4.78, 5) is 16.9. The van der Waals surface area contributed by atoms with Gasteiger partial charge in [0, 0.05) is 13.0 Å². The normalized spacial score (nSPS) is 10.8. The summed E-state index contributed by atoms with van der Waals surface area (Å²) < 4.78 is 7.12. The van der Waals surface area contributed by atoms with E-state index in [1.807, 2.05) is 60.0 Å². The largest absolute Gasteiger partial charge is 0.497 e. The van der Waals surface area contributed by atoms with E-state index < -0.39 is 0 Å². The predicted molar refractivity (Wildman–Crippen MR) is 94.0 cm³/mol. The van der Waals surface area contributed by atoms with Gasteiger partial charge in [0.25, 0.3) is 0 Å². The molecule has 0 aliphatic carbocycles. The maximum absolute atomic E-state index is 12.3. The van der Waals surface area contributed by atoms with Gasteiger partial charge in [-0.15, -0.1) is 0 Å². The van der Waals surface area contributed by atoms with E-state index in [0.29, 0.717) is 6.54 Å². The number of imidazole rings is 1. The molecule has 0 aliphatic rings. The molecule has 0 bridgehead atoms. The summed E-state index contributed by atoms with van der Waals surface area (Å²) >= 11 is 0. The number of aromatic nitrogens is 2. The summed E-state index contributed by atoms with van der Waals surface area (Å²) in [6, 6.07) is 15.6. The minimum absolute atomic E-state index is 0.0244. The van der Waals surface area contributed by atoms with Gasteiger partial charge < -0.3 is 14.6 Å². The van der Waals surface area contributed by atoms with Crippen LogP contribution >= 0.6 is 0 Å². The number of carbonyl (C=O) groups excluding carboxylic acids is 1. The molecule has 3 rings (SSSR count). The van der Waals surface area contributed by atoms with Crippen molar-refractivity contribution >= 4 is 16.9 Å². The number of hydrogen-bond donors (Lipinski definition) is 1. The lowest BCUT2D eigenvalue weighted by Gasteiger charge is -2.09. The van der Waals surface area contributed by atoms with Crippen LogP contribution in [-0.4, -0.2) is 22.6 Å². The lowest BCUT2D eigenvalue weighted by molar-refractivity contribution is -0.121. The van der Waals surface area contributed by atoms with Crippen LogP contribution in [0.2, 0.25) is 0 Å². The van der Waals surface area contributed by atoms with Gasteiger partial charge in [0.1, 0.15) is 18.1 Å². The van der Waals surface area contributed by atoms with Gasteiger partial charge in [-0.25, -0.2) is 4.98 Å². The molecule has 0 saturated carbocycles. The van der Waals surface area contributed by atoms with E-state index in [4.69, 9.17) is 4.74 Å². The first-order chi connectivity index (χ1) is 11.7. The standard InChI is InChI=1S/C19H21N3O2/c1-3-18-21-16-6-4-5-7-17(16)22(18)13-19(23)20-12-14-8-10-15(24-2)11-9-14/h4-11H,3,12-13H2,1-2H3,(H,20,23). The smallest absolute Gasteiger partial charge is 0.240 e. The molecule has 1 aromatic heterocycles. The zero-order valence-corrected chi connectivity index (χ0v) is 14.0. The zero-order chi connectivity index (χ0) is 16.9. The molecule has 124 valence electrons. The Labute approximate surface area is 141 Å². The van der Waals surface area contributed by atoms with Crippen molar-refractivity contribution in [2.45, 2.75) is 26.4 Å². The highest BCUT2D eigenvalue weighted by Gasteiger charge is 2.12. The van der Waals surface area contributed by atoms with Crippen molar-refractivity contribution in [3.05, 3.63) is 59.9 Å².